The average molecular weight is 505 g/mol. The van der Waals surface area contributed by atoms with E-state index in [0.29, 0.717) is 0 Å². The lowest BCUT2D eigenvalue weighted by molar-refractivity contribution is 0.221. The number of unbranched alkanes of at least 4 members (excludes halogenated alkanes) is 1. The van der Waals surface area contributed by atoms with Gasteiger partial charge in [-0.3, -0.25) is 9.89 Å². The molecule has 1 aromatic rings. The lowest BCUT2D eigenvalue weighted by atomic mass is 10.2. The Morgan fingerprint density at radius 1 is 1.18 bits per heavy atom. The third kappa shape index (κ3) is 8.69. The molecule has 0 radical (unpaired) electrons. The summed E-state index contributed by atoms with van der Waals surface area (Å²) in [5.74, 6) is 1.94. The van der Waals surface area contributed by atoms with E-state index >= 15 is 0 Å². The fourth-order valence-corrected chi connectivity index (χ4v) is 3.65. The predicted molar refractivity (Wildman–Crippen MR) is 129 cm³/mol. The largest absolute Gasteiger partial charge is 0.468 e. The molecule has 1 saturated heterocycles. The van der Waals surface area contributed by atoms with Crippen molar-refractivity contribution < 1.29 is 4.42 Å². The van der Waals surface area contributed by atoms with Crippen LogP contribution in [0, 0.1) is 0 Å². The highest BCUT2D eigenvalue weighted by Crippen LogP contribution is 2.25. The molecule has 1 aliphatic rings. The molecule has 0 amide bonds. The second kappa shape index (κ2) is 15.1. The summed E-state index contributed by atoms with van der Waals surface area (Å²) >= 11 is 0. The highest BCUT2D eigenvalue weighted by molar-refractivity contribution is 14.0. The molecule has 1 unspecified atom stereocenters. The summed E-state index contributed by atoms with van der Waals surface area (Å²) in [5.41, 5.74) is 0. The second-order valence-corrected chi connectivity index (χ2v) is 7.15. The van der Waals surface area contributed by atoms with Crippen molar-refractivity contribution >= 4 is 29.9 Å². The van der Waals surface area contributed by atoms with Crippen LogP contribution in [-0.4, -0.2) is 68.1 Å². The number of guanidine groups is 1. The number of aliphatic imine (C=N–C) groups is 1. The minimum Gasteiger partial charge on any atom is -0.468 e. The molecule has 0 saturated carbocycles. The Labute approximate surface area is 188 Å². The van der Waals surface area contributed by atoms with E-state index in [1.807, 2.05) is 6.07 Å². The maximum Gasteiger partial charge on any atom is 0.191 e. The quantitative estimate of drug-likeness (QED) is 0.196. The van der Waals surface area contributed by atoms with Crippen molar-refractivity contribution in [3.8, 4) is 0 Å². The number of likely N-dealkylation sites (tertiary alicyclic amines) is 1. The molecule has 7 heteroatoms. The summed E-state index contributed by atoms with van der Waals surface area (Å²) in [6.45, 7) is 14.9. The minimum atomic E-state index is 0. The Balaban J connectivity index is 0.00000392. The van der Waals surface area contributed by atoms with Gasteiger partial charge in [0.15, 0.2) is 5.96 Å². The number of nitrogens with one attached hydrogen (secondary N) is 2. The van der Waals surface area contributed by atoms with Crippen LogP contribution in [0.5, 0.6) is 0 Å². The fourth-order valence-electron chi connectivity index (χ4n) is 3.65. The maximum atomic E-state index is 5.70. The van der Waals surface area contributed by atoms with E-state index in [9.17, 15) is 0 Å². The fraction of sp³-hybridized carbons (Fsp3) is 0.762. The Morgan fingerprint density at radius 2 is 1.93 bits per heavy atom. The lowest BCUT2D eigenvalue weighted by Crippen LogP contribution is -2.39. The first-order valence-electron chi connectivity index (χ1n) is 10.8. The SMILES string of the molecule is CCNC(=NCC(c1ccco1)N1CCCC1)NCCCCN(CC)CC.I. The number of hydrogen-bond donors (Lipinski definition) is 2. The molecule has 1 atom stereocenters. The minimum absolute atomic E-state index is 0. The van der Waals surface area contributed by atoms with E-state index in [4.69, 9.17) is 9.41 Å². The van der Waals surface area contributed by atoms with E-state index in [-0.39, 0.29) is 30.0 Å². The molecule has 2 N–H and O–H groups in total. The van der Waals surface area contributed by atoms with Gasteiger partial charge in [0, 0.05) is 13.1 Å². The molecule has 2 rings (SSSR count). The van der Waals surface area contributed by atoms with Crippen molar-refractivity contribution in [3.63, 3.8) is 0 Å². The van der Waals surface area contributed by atoms with Crippen LogP contribution in [0.3, 0.4) is 0 Å². The number of rotatable bonds is 12. The molecule has 0 aromatic carbocycles. The molecule has 0 spiro atoms. The highest BCUT2D eigenvalue weighted by Gasteiger charge is 2.25. The van der Waals surface area contributed by atoms with Crippen molar-refractivity contribution in [2.45, 2.75) is 52.5 Å². The van der Waals surface area contributed by atoms with Gasteiger partial charge in [0.1, 0.15) is 5.76 Å². The van der Waals surface area contributed by atoms with Gasteiger partial charge in [0.2, 0.25) is 0 Å². The van der Waals surface area contributed by atoms with Gasteiger partial charge >= 0.3 is 0 Å². The number of nitrogens with zero attached hydrogens (tertiary/aromatic N) is 3. The van der Waals surface area contributed by atoms with Gasteiger partial charge in [-0.2, -0.15) is 0 Å². The van der Waals surface area contributed by atoms with Gasteiger partial charge in [-0.1, -0.05) is 13.8 Å². The highest BCUT2D eigenvalue weighted by atomic mass is 127. The Kier molecular flexibility index (Phi) is 13.6. The molecule has 6 nitrogen and oxygen atoms in total. The standard InChI is InChI=1S/C21H39N5O.HI/c1-4-22-21(23-13-7-8-14-25(5-2)6-3)24-18-19(20-12-11-17-27-20)26-15-9-10-16-26;/h11-12,17,19H,4-10,13-16,18H2,1-3H3,(H2,22,23,24);1H. The summed E-state index contributed by atoms with van der Waals surface area (Å²) in [5, 5.41) is 6.87. The van der Waals surface area contributed by atoms with Crippen molar-refractivity contribution in [2.24, 2.45) is 4.99 Å². The smallest absolute Gasteiger partial charge is 0.191 e. The lowest BCUT2D eigenvalue weighted by Gasteiger charge is -2.24. The molecule has 1 aliphatic heterocycles. The topological polar surface area (TPSA) is 56.0 Å². The first-order chi connectivity index (χ1) is 13.3. The molecule has 28 heavy (non-hydrogen) atoms. The Hall–Kier alpha value is -0.800. The van der Waals surface area contributed by atoms with E-state index in [1.165, 1.54) is 25.8 Å². The molecule has 162 valence electrons. The predicted octanol–water partition coefficient (Wildman–Crippen LogP) is 3.71. The van der Waals surface area contributed by atoms with Crippen molar-refractivity contribution in [1.82, 2.24) is 20.4 Å². The summed E-state index contributed by atoms with van der Waals surface area (Å²) in [7, 11) is 0. The third-order valence-corrected chi connectivity index (χ3v) is 5.31. The number of hydrogen-bond acceptors (Lipinski definition) is 4. The molecule has 1 aromatic heterocycles. The zero-order valence-electron chi connectivity index (χ0n) is 18.0. The molecule has 0 aliphatic carbocycles. The average Bonchev–Trinajstić information content (AvgIpc) is 3.39. The molecular weight excluding hydrogens is 465 g/mol. The van der Waals surface area contributed by atoms with Gasteiger partial charge in [-0.25, -0.2) is 0 Å². The molecule has 1 fully saturated rings. The van der Waals surface area contributed by atoms with Gasteiger partial charge in [0.05, 0.1) is 18.8 Å². The zero-order valence-corrected chi connectivity index (χ0v) is 20.3. The van der Waals surface area contributed by atoms with Crippen LogP contribution in [-0.2, 0) is 0 Å². The normalized spacial score (nSPS) is 16.2. The second-order valence-electron chi connectivity index (χ2n) is 7.15. The van der Waals surface area contributed by atoms with Crippen LogP contribution in [0.1, 0.15) is 58.3 Å². The summed E-state index contributed by atoms with van der Waals surface area (Å²) < 4.78 is 5.70. The Morgan fingerprint density at radius 3 is 2.54 bits per heavy atom. The van der Waals surface area contributed by atoms with Crippen LogP contribution in [0.25, 0.3) is 0 Å². The van der Waals surface area contributed by atoms with Crippen LogP contribution in [0.2, 0.25) is 0 Å². The van der Waals surface area contributed by atoms with Crippen LogP contribution < -0.4 is 10.6 Å². The summed E-state index contributed by atoms with van der Waals surface area (Å²) in [6, 6.07) is 4.29. The molecular formula is C21H40IN5O. The van der Waals surface area contributed by atoms with Gasteiger partial charge in [0.25, 0.3) is 0 Å². The Bertz CT molecular complexity index is 513. The first-order valence-corrected chi connectivity index (χ1v) is 10.8. The molecule has 2 heterocycles. The van der Waals surface area contributed by atoms with Gasteiger partial charge in [-0.05, 0) is 77.5 Å². The van der Waals surface area contributed by atoms with Gasteiger partial charge < -0.3 is 20.0 Å². The van der Waals surface area contributed by atoms with Crippen molar-refractivity contribution in [3.05, 3.63) is 24.2 Å². The van der Waals surface area contributed by atoms with E-state index < -0.39 is 0 Å². The van der Waals surface area contributed by atoms with Crippen molar-refractivity contribution in [1.29, 1.82) is 0 Å². The monoisotopic (exact) mass is 505 g/mol. The first kappa shape index (κ1) is 25.2. The van der Waals surface area contributed by atoms with E-state index in [2.05, 4.69) is 47.3 Å². The number of halogens is 1. The zero-order chi connectivity index (χ0) is 19.3. The van der Waals surface area contributed by atoms with Crippen molar-refractivity contribution in [2.75, 3.05) is 52.4 Å². The van der Waals surface area contributed by atoms with E-state index in [0.717, 1.165) is 64.0 Å². The third-order valence-electron chi connectivity index (χ3n) is 5.31. The summed E-state index contributed by atoms with van der Waals surface area (Å²) in [4.78, 5) is 9.83. The van der Waals surface area contributed by atoms with Crippen LogP contribution in [0.15, 0.2) is 27.8 Å². The van der Waals surface area contributed by atoms with E-state index in [1.54, 1.807) is 6.26 Å². The van der Waals surface area contributed by atoms with Gasteiger partial charge in [-0.15, -0.1) is 24.0 Å². The molecule has 0 bridgehead atoms. The number of furan rings is 1. The van der Waals surface area contributed by atoms with Crippen LogP contribution >= 0.6 is 24.0 Å². The summed E-state index contributed by atoms with van der Waals surface area (Å²) in [6.07, 6.45) is 6.69. The maximum absolute atomic E-state index is 5.70. The van der Waals surface area contributed by atoms with Crippen LogP contribution in [0.4, 0.5) is 0 Å².